The predicted octanol–water partition coefficient (Wildman–Crippen LogP) is 2.14. The van der Waals surface area contributed by atoms with Crippen molar-refractivity contribution in [3.63, 3.8) is 0 Å². The van der Waals surface area contributed by atoms with Crippen molar-refractivity contribution in [2.24, 2.45) is 5.73 Å². The summed E-state index contributed by atoms with van der Waals surface area (Å²) in [5, 5.41) is 0. The summed E-state index contributed by atoms with van der Waals surface area (Å²) in [6, 6.07) is 3.95. The fourth-order valence-electron chi connectivity index (χ4n) is 2.63. The molecule has 0 amide bonds. The Morgan fingerprint density at radius 2 is 1.85 bits per heavy atom. The van der Waals surface area contributed by atoms with Gasteiger partial charge in [0.25, 0.3) is 0 Å². The Hall–Kier alpha value is -1.49. The summed E-state index contributed by atoms with van der Waals surface area (Å²) in [6.07, 6.45) is 1.19. The number of hydrogen-bond acceptors (Lipinski definition) is 4. The molecule has 1 aliphatic heterocycles. The van der Waals surface area contributed by atoms with Crippen LogP contribution < -0.4 is 20.1 Å². The van der Waals surface area contributed by atoms with E-state index in [1.54, 1.807) is 14.2 Å². The molecule has 0 radical (unpaired) electrons. The molecule has 0 aliphatic carbocycles. The number of nitrogens with two attached hydrogens (primary N) is 1. The largest absolute Gasteiger partial charge is 0.496 e. The van der Waals surface area contributed by atoms with Crippen LogP contribution in [0.2, 0.25) is 0 Å². The van der Waals surface area contributed by atoms with Gasteiger partial charge in [-0.2, -0.15) is 0 Å². The van der Waals surface area contributed by atoms with Crippen LogP contribution in [-0.2, 0) is 6.42 Å². The van der Waals surface area contributed by atoms with E-state index >= 15 is 0 Å². The summed E-state index contributed by atoms with van der Waals surface area (Å²) in [4.78, 5) is 2.16. The summed E-state index contributed by atoms with van der Waals surface area (Å²) in [5.41, 5.74) is 7.63. The quantitative estimate of drug-likeness (QED) is 0.899. The Balaban J connectivity index is 2.31. The standard InChI is InChI=1S/C15H23FN2O2/c1-19-14-10-13(18-7-4-12(16)5-8-18)15(20-2)9-11(14)3-6-17/h9-10,12H,3-8,17H2,1-2H3. The highest BCUT2D eigenvalue weighted by Gasteiger charge is 2.22. The van der Waals surface area contributed by atoms with Crippen LogP contribution in [0.3, 0.4) is 0 Å². The van der Waals surface area contributed by atoms with Crippen molar-refractivity contribution in [1.29, 1.82) is 0 Å². The fourth-order valence-corrected chi connectivity index (χ4v) is 2.63. The van der Waals surface area contributed by atoms with Gasteiger partial charge in [-0.15, -0.1) is 0 Å². The minimum atomic E-state index is -0.685. The summed E-state index contributed by atoms with van der Waals surface area (Å²) < 4.78 is 24.2. The second-order valence-electron chi connectivity index (χ2n) is 5.04. The maximum absolute atomic E-state index is 13.3. The number of alkyl halides is 1. The van der Waals surface area contributed by atoms with E-state index in [0.29, 0.717) is 32.5 Å². The molecule has 1 heterocycles. The van der Waals surface area contributed by atoms with Gasteiger partial charge in [0.05, 0.1) is 19.9 Å². The first-order chi connectivity index (χ1) is 9.69. The van der Waals surface area contributed by atoms with E-state index < -0.39 is 6.17 Å². The lowest BCUT2D eigenvalue weighted by atomic mass is 10.1. The molecule has 0 saturated carbocycles. The van der Waals surface area contributed by atoms with Gasteiger partial charge in [-0.25, -0.2) is 4.39 Å². The van der Waals surface area contributed by atoms with Crippen LogP contribution in [0.25, 0.3) is 0 Å². The van der Waals surface area contributed by atoms with Crippen LogP contribution in [0.1, 0.15) is 18.4 Å². The topological polar surface area (TPSA) is 47.7 Å². The lowest BCUT2D eigenvalue weighted by Gasteiger charge is -2.32. The first-order valence-corrected chi connectivity index (χ1v) is 7.03. The molecule has 0 unspecified atom stereocenters. The molecule has 0 bridgehead atoms. The first-order valence-electron chi connectivity index (χ1n) is 7.03. The lowest BCUT2D eigenvalue weighted by Crippen LogP contribution is -2.34. The molecule has 20 heavy (non-hydrogen) atoms. The number of piperidine rings is 1. The zero-order chi connectivity index (χ0) is 14.5. The summed E-state index contributed by atoms with van der Waals surface area (Å²) in [7, 11) is 3.30. The molecule has 2 N–H and O–H groups in total. The minimum Gasteiger partial charge on any atom is -0.496 e. The number of anilines is 1. The van der Waals surface area contributed by atoms with Crippen molar-refractivity contribution < 1.29 is 13.9 Å². The average molecular weight is 282 g/mol. The van der Waals surface area contributed by atoms with E-state index in [9.17, 15) is 4.39 Å². The maximum Gasteiger partial charge on any atom is 0.142 e. The lowest BCUT2D eigenvalue weighted by molar-refractivity contribution is 0.276. The second-order valence-corrected chi connectivity index (χ2v) is 5.04. The third-order valence-corrected chi connectivity index (χ3v) is 3.76. The minimum absolute atomic E-state index is 0.562. The van der Waals surface area contributed by atoms with Gasteiger partial charge >= 0.3 is 0 Å². The Morgan fingerprint density at radius 3 is 2.40 bits per heavy atom. The van der Waals surface area contributed by atoms with Crippen LogP contribution in [-0.4, -0.2) is 40.0 Å². The van der Waals surface area contributed by atoms with Gasteiger partial charge < -0.3 is 20.1 Å². The molecule has 1 aromatic carbocycles. The van der Waals surface area contributed by atoms with Crippen molar-refractivity contribution in [1.82, 2.24) is 0 Å². The zero-order valence-electron chi connectivity index (χ0n) is 12.2. The van der Waals surface area contributed by atoms with E-state index in [-0.39, 0.29) is 0 Å². The van der Waals surface area contributed by atoms with Gasteiger partial charge in [-0.1, -0.05) is 0 Å². The van der Waals surface area contributed by atoms with Gasteiger partial charge in [-0.3, -0.25) is 0 Å². The number of nitrogens with zero attached hydrogens (tertiary/aromatic N) is 1. The molecule has 1 fully saturated rings. The van der Waals surface area contributed by atoms with E-state index in [1.807, 2.05) is 12.1 Å². The monoisotopic (exact) mass is 282 g/mol. The Morgan fingerprint density at radius 1 is 1.20 bits per heavy atom. The van der Waals surface area contributed by atoms with E-state index in [0.717, 1.165) is 29.2 Å². The van der Waals surface area contributed by atoms with Crippen LogP contribution in [0.4, 0.5) is 10.1 Å². The van der Waals surface area contributed by atoms with Crippen LogP contribution >= 0.6 is 0 Å². The van der Waals surface area contributed by atoms with E-state index in [1.165, 1.54) is 0 Å². The number of ether oxygens (including phenoxy) is 2. The van der Waals surface area contributed by atoms with Crippen molar-refractivity contribution in [2.45, 2.75) is 25.4 Å². The smallest absolute Gasteiger partial charge is 0.142 e. The molecule has 0 aromatic heterocycles. The summed E-state index contributed by atoms with van der Waals surface area (Å²) in [6.45, 7) is 1.97. The van der Waals surface area contributed by atoms with Gasteiger partial charge in [-0.05, 0) is 37.4 Å². The molecule has 0 atom stereocenters. The van der Waals surface area contributed by atoms with Crippen molar-refractivity contribution >= 4 is 5.69 Å². The normalized spacial score (nSPS) is 16.3. The molecule has 1 aromatic rings. The summed E-state index contributed by atoms with van der Waals surface area (Å²) in [5.74, 6) is 1.61. The fraction of sp³-hybridized carbons (Fsp3) is 0.600. The number of methoxy groups -OCH3 is 2. The van der Waals surface area contributed by atoms with Crippen molar-refractivity contribution in [3.05, 3.63) is 17.7 Å². The number of benzene rings is 1. The van der Waals surface area contributed by atoms with Crippen LogP contribution in [0, 0.1) is 0 Å². The Kier molecular flexibility index (Phi) is 5.06. The highest BCUT2D eigenvalue weighted by molar-refractivity contribution is 5.64. The highest BCUT2D eigenvalue weighted by atomic mass is 19.1. The Labute approximate surface area is 119 Å². The Bertz CT molecular complexity index is 446. The summed E-state index contributed by atoms with van der Waals surface area (Å²) >= 11 is 0. The molecule has 1 aliphatic rings. The van der Waals surface area contributed by atoms with Crippen LogP contribution in [0.15, 0.2) is 12.1 Å². The highest BCUT2D eigenvalue weighted by Crippen LogP contribution is 2.37. The van der Waals surface area contributed by atoms with Crippen molar-refractivity contribution in [3.8, 4) is 11.5 Å². The first kappa shape index (κ1) is 14.9. The molecule has 1 saturated heterocycles. The third-order valence-electron chi connectivity index (χ3n) is 3.76. The molecular formula is C15H23FN2O2. The SMILES string of the molecule is COc1cc(N2CCC(F)CC2)c(OC)cc1CCN. The molecule has 5 heteroatoms. The van der Waals surface area contributed by atoms with Crippen LogP contribution in [0.5, 0.6) is 11.5 Å². The average Bonchev–Trinajstić information content (AvgIpc) is 2.48. The second kappa shape index (κ2) is 6.79. The molecule has 0 spiro atoms. The third kappa shape index (κ3) is 3.15. The molecule has 2 rings (SSSR count). The van der Waals surface area contributed by atoms with Gasteiger partial charge in [0.1, 0.15) is 17.7 Å². The predicted molar refractivity (Wildman–Crippen MR) is 78.6 cm³/mol. The van der Waals surface area contributed by atoms with Gasteiger partial charge in [0.2, 0.25) is 0 Å². The molecule has 4 nitrogen and oxygen atoms in total. The molecule has 112 valence electrons. The number of hydrogen-bond donors (Lipinski definition) is 1. The van der Waals surface area contributed by atoms with Crippen molar-refractivity contribution in [2.75, 3.05) is 38.8 Å². The van der Waals surface area contributed by atoms with Gasteiger partial charge in [0, 0.05) is 19.2 Å². The number of halogens is 1. The van der Waals surface area contributed by atoms with E-state index in [2.05, 4.69) is 4.90 Å². The number of rotatable bonds is 5. The maximum atomic E-state index is 13.3. The van der Waals surface area contributed by atoms with Gasteiger partial charge in [0.15, 0.2) is 0 Å². The van der Waals surface area contributed by atoms with E-state index in [4.69, 9.17) is 15.2 Å². The zero-order valence-corrected chi connectivity index (χ0v) is 12.2. The molecular weight excluding hydrogens is 259 g/mol.